The molecule has 0 saturated carbocycles. The van der Waals surface area contributed by atoms with Gasteiger partial charge in [-0.1, -0.05) is 6.92 Å². The van der Waals surface area contributed by atoms with Crippen molar-refractivity contribution in [1.29, 1.82) is 0 Å². The zero-order valence-electron chi connectivity index (χ0n) is 9.61. The molecule has 0 bridgehead atoms. The number of aromatic nitrogens is 3. The number of rotatable bonds is 3. The van der Waals surface area contributed by atoms with Crippen LogP contribution in [0.3, 0.4) is 0 Å². The van der Waals surface area contributed by atoms with Gasteiger partial charge in [0.1, 0.15) is 0 Å². The van der Waals surface area contributed by atoms with E-state index in [1.807, 2.05) is 0 Å². The SMILES string of the molecule is CCCc1nc2c(Br)ccc(C(=O)OC)n2n1. The van der Waals surface area contributed by atoms with Crippen molar-refractivity contribution in [2.24, 2.45) is 0 Å². The number of pyridine rings is 1. The van der Waals surface area contributed by atoms with Crippen molar-refractivity contribution in [3.05, 3.63) is 28.1 Å². The monoisotopic (exact) mass is 297 g/mol. The number of fused-ring (bicyclic) bond motifs is 1. The third kappa shape index (κ3) is 2.17. The number of esters is 1. The van der Waals surface area contributed by atoms with Gasteiger partial charge in [0, 0.05) is 6.42 Å². The summed E-state index contributed by atoms with van der Waals surface area (Å²) in [6, 6.07) is 3.43. The Morgan fingerprint density at radius 3 is 2.94 bits per heavy atom. The first-order valence-corrected chi connectivity index (χ1v) is 6.09. The zero-order valence-corrected chi connectivity index (χ0v) is 11.2. The molecular formula is C11H12BrN3O2. The molecule has 0 saturated heterocycles. The number of hydrogen-bond acceptors (Lipinski definition) is 4. The fraction of sp³-hybridized carbons (Fsp3) is 0.364. The second-order valence-electron chi connectivity index (χ2n) is 3.57. The van der Waals surface area contributed by atoms with Crippen LogP contribution in [0, 0.1) is 0 Å². The summed E-state index contributed by atoms with van der Waals surface area (Å²) in [5.74, 6) is 0.306. The van der Waals surface area contributed by atoms with Crippen molar-refractivity contribution in [1.82, 2.24) is 14.6 Å². The predicted octanol–water partition coefficient (Wildman–Crippen LogP) is 2.23. The van der Waals surface area contributed by atoms with Crippen molar-refractivity contribution in [2.75, 3.05) is 7.11 Å². The molecular weight excluding hydrogens is 286 g/mol. The third-order valence-corrected chi connectivity index (χ3v) is 2.97. The first-order chi connectivity index (χ1) is 8.17. The quantitative estimate of drug-likeness (QED) is 0.815. The largest absolute Gasteiger partial charge is 0.464 e. The second-order valence-corrected chi connectivity index (χ2v) is 4.43. The number of methoxy groups -OCH3 is 1. The van der Waals surface area contributed by atoms with E-state index >= 15 is 0 Å². The van der Waals surface area contributed by atoms with Gasteiger partial charge in [-0.05, 0) is 34.5 Å². The Bertz CT molecular complexity index is 565. The number of nitrogens with zero attached hydrogens (tertiary/aromatic N) is 3. The van der Waals surface area contributed by atoms with Gasteiger partial charge in [-0.2, -0.15) is 5.10 Å². The van der Waals surface area contributed by atoms with E-state index < -0.39 is 5.97 Å². The van der Waals surface area contributed by atoms with Gasteiger partial charge in [0.2, 0.25) is 0 Å². The van der Waals surface area contributed by atoms with E-state index in [4.69, 9.17) is 4.74 Å². The second kappa shape index (κ2) is 4.83. The summed E-state index contributed by atoms with van der Waals surface area (Å²) in [6.07, 6.45) is 1.75. The molecule has 2 aromatic heterocycles. The Labute approximate surface area is 107 Å². The zero-order chi connectivity index (χ0) is 12.4. The lowest BCUT2D eigenvalue weighted by atomic mass is 10.3. The van der Waals surface area contributed by atoms with Gasteiger partial charge >= 0.3 is 5.97 Å². The van der Waals surface area contributed by atoms with Crippen molar-refractivity contribution < 1.29 is 9.53 Å². The molecule has 0 aromatic carbocycles. The van der Waals surface area contributed by atoms with Crippen LogP contribution in [0.4, 0.5) is 0 Å². The Hall–Kier alpha value is -1.43. The minimum atomic E-state index is -0.421. The highest BCUT2D eigenvalue weighted by Gasteiger charge is 2.15. The average Bonchev–Trinajstić information content (AvgIpc) is 2.74. The van der Waals surface area contributed by atoms with Crippen molar-refractivity contribution >= 4 is 27.5 Å². The number of halogens is 1. The van der Waals surface area contributed by atoms with Crippen molar-refractivity contribution in [3.63, 3.8) is 0 Å². The molecule has 90 valence electrons. The highest BCUT2D eigenvalue weighted by molar-refractivity contribution is 9.10. The van der Waals surface area contributed by atoms with Crippen LogP contribution in [0.5, 0.6) is 0 Å². The van der Waals surface area contributed by atoms with Gasteiger partial charge in [-0.3, -0.25) is 0 Å². The van der Waals surface area contributed by atoms with Gasteiger partial charge in [0.15, 0.2) is 17.2 Å². The Morgan fingerprint density at radius 2 is 2.29 bits per heavy atom. The molecule has 0 amide bonds. The van der Waals surface area contributed by atoms with Crippen LogP contribution in [-0.2, 0) is 11.2 Å². The number of carbonyl (C=O) groups is 1. The number of aryl methyl sites for hydroxylation is 1. The Morgan fingerprint density at radius 1 is 1.53 bits per heavy atom. The smallest absolute Gasteiger partial charge is 0.356 e. The number of carbonyl (C=O) groups excluding carboxylic acids is 1. The van der Waals surface area contributed by atoms with Crippen LogP contribution in [-0.4, -0.2) is 27.7 Å². The summed E-state index contributed by atoms with van der Waals surface area (Å²) in [5.41, 5.74) is 1.01. The standard InChI is InChI=1S/C11H12BrN3O2/c1-3-4-9-13-10-7(12)5-6-8(11(16)17-2)15(10)14-9/h5-6H,3-4H2,1-2H3. The fourth-order valence-corrected chi connectivity index (χ4v) is 1.95. The molecule has 0 radical (unpaired) electrons. The summed E-state index contributed by atoms with van der Waals surface area (Å²) >= 11 is 3.39. The number of ether oxygens (including phenoxy) is 1. The summed E-state index contributed by atoms with van der Waals surface area (Å²) in [5, 5.41) is 4.31. The molecule has 2 aromatic rings. The molecule has 0 fully saturated rings. The van der Waals surface area contributed by atoms with Crippen LogP contribution >= 0.6 is 15.9 Å². The Kier molecular flexibility index (Phi) is 3.42. The van der Waals surface area contributed by atoms with Crippen molar-refractivity contribution in [2.45, 2.75) is 19.8 Å². The van der Waals surface area contributed by atoms with Crippen LogP contribution in [0.15, 0.2) is 16.6 Å². The van der Waals surface area contributed by atoms with Crippen LogP contribution in [0.25, 0.3) is 5.65 Å². The lowest BCUT2D eigenvalue weighted by molar-refractivity contribution is 0.0591. The summed E-state index contributed by atoms with van der Waals surface area (Å²) in [7, 11) is 1.35. The van der Waals surface area contributed by atoms with Gasteiger partial charge in [-0.25, -0.2) is 14.3 Å². The molecule has 5 nitrogen and oxygen atoms in total. The molecule has 2 heterocycles. The van der Waals surface area contributed by atoms with Crippen molar-refractivity contribution in [3.8, 4) is 0 Å². The van der Waals surface area contributed by atoms with E-state index in [0.29, 0.717) is 11.3 Å². The molecule has 0 unspecified atom stereocenters. The topological polar surface area (TPSA) is 56.5 Å². The predicted molar refractivity (Wildman–Crippen MR) is 66.0 cm³/mol. The minimum absolute atomic E-state index is 0.376. The molecule has 0 aliphatic carbocycles. The highest BCUT2D eigenvalue weighted by Crippen LogP contribution is 2.18. The molecule has 0 spiro atoms. The maximum absolute atomic E-state index is 11.6. The van der Waals surface area contributed by atoms with Crippen LogP contribution in [0.1, 0.15) is 29.7 Å². The van der Waals surface area contributed by atoms with E-state index in [1.54, 1.807) is 12.1 Å². The lowest BCUT2D eigenvalue weighted by Crippen LogP contribution is -2.09. The van der Waals surface area contributed by atoms with Gasteiger partial charge in [-0.15, -0.1) is 0 Å². The molecule has 2 rings (SSSR count). The van der Waals surface area contributed by atoms with Crippen LogP contribution in [0.2, 0.25) is 0 Å². The molecule has 0 atom stereocenters. The fourth-order valence-electron chi connectivity index (χ4n) is 1.56. The first kappa shape index (κ1) is 12.0. The van der Waals surface area contributed by atoms with E-state index in [-0.39, 0.29) is 0 Å². The van der Waals surface area contributed by atoms with Gasteiger partial charge in [0.25, 0.3) is 0 Å². The third-order valence-electron chi connectivity index (χ3n) is 2.35. The molecule has 0 aliphatic heterocycles. The summed E-state index contributed by atoms with van der Waals surface area (Å²) < 4.78 is 7.03. The van der Waals surface area contributed by atoms with Crippen LogP contribution < -0.4 is 0 Å². The van der Waals surface area contributed by atoms with Gasteiger partial charge in [0.05, 0.1) is 11.6 Å². The molecule has 0 aliphatic rings. The average molecular weight is 298 g/mol. The summed E-state index contributed by atoms with van der Waals surface area (Å²) in [6.45, 7) is 2.06. The first-order valence-electron chi connectivity index (χ1n) is 5.29. The summed E-state index contributed by atoms with van der Waals surface area (Å²) in [4.78, 5) is 16.0. The molecule has 0 N–H and O–H groups in total. The maximum Gasteiger partial charge on any atom is 0.356 e. The molecule has 6 heteroatoms. The Balaban J connectivity index is 2.62. The highest BCUT2D eigenvalue weighted by atomic mass is 79.9. The lowest BCUT2D eigenvalue weighted by Gasteiger charge is -2.02. The normalized spacial score (nSPS) is 10.8. The van der Waals surface area contributed by atoms with Gasteiger partial charge < -0.3 is 4.74 Å². The van der Waals surface area contributed by atoms with E-state index in [9.17, 15) is 4.79 Å². The van der Waals surface area contributed by atoms with E-state index in [2.05, 4.69) is 32.9 Å². The van der Waals surface area contributed by atoms with E-state index in [0.717, 1.165) is 23.1 Å². The van der Waals surface area contributed by atoms with E-state index in [1.165, 1.54) is 11.6 Å². The molecule has 17 heavy (non-hydrogen) atoms. The number of hydrogen-bond donors (Lipinski definition) is 0. The minimum Gasteiger partial charge on any atom is -0.464 e. The maximum atomic E-state index is 11.6.